The van der Waals surface area contributed by atoms with Crippen LogP contribution < -0.4 is 15.5 Å². The van der Waals surface area contributed by atoms with Crippen molar-refractivity contribution >= 4 is 40.4 Å². The quantitative estimate of drug-likeness (QED) is 0.419. The Balaban J connectivity index is 1.41. The summed E-state index contributed by atoms with van der Waals surface area (Å²) in [5.74, 6) is 1.23. The first kappa shape index (κ1) is 20.6. The third-order valence-electron chi connectivity index (χ3n) is 4.65. The second-order valence-corrected chi connectivity index (χ2v) is 8.24. The molecule has 2 aromatic carbocycles. The van der Waals surface area contributed by atoms with Crippen LogP contribution in [-0.4, -0.2) is 30.0 Å². The standard InChI is InChI=1S/C24H23N5OS/c1-16-15-22(29(2)3)28-24(25-16)27-20-12-10-19(11-13-20)26-23(30)18-8-6-17(7-9-18)21-5-4-14-31-21/h4-15H,1-3H3,(H,26,30)(H,25,27,28). The fraction of sp³-hybridized carbons (Fsp3) is 0.125. The molecule has 2 N–H and O–H groups in total. The average Bonchev–Trinajstić information content (AvgIpc) is 3.30. The summed E-state index contributed by atoms with van der Waals surface area (Å²) in [6.45, 7) is 1.94. The lowest BCUT2D eigenvalue weighted by Gasteiger charge is -2.14. The van der Waals surface area contributed by atoms with Crippen LogP contribution in [0.15, 0.2) is 72.1 Å². The van der Waals surface area contributed by atoms with Gasteiger partial charge < -0.3 is 15.5 Å². The molecule has 7 heteroatoms. The van der Waals surface area contributed by atoms with Crippen molar-refractivity contribution in [1.29, 1.82) is 0 Å². The minimum absolute atomic E-state index is 0.143. The van der Waals surface area contributed by atoms with Crippen molar-refractivity contribution in [1.82, 2.24) is 9.97 Å². The largest absolute Gasteiger partial charge is 0.363 e. The van der Waals surface area contributed by atoms with Gasteiger partial charge in [0, 0.05) is 47.7 Å². The molecule has 156 valence electrons. The number of hydrogen-bond acceptors (Lipinski definition) is 6. The Morgan fingerprint density at radius 2 is 1.65 bits per heavy atom. The lowest BCUT2D eigenvalue weighted by atomic mass is 10.1. The lowest BCUT2D eigenvalue weighted by Crippen LogP contribution is -2.13. The van der Waals surface area contributed by atoms with Crippen LogP contribution in [0, 0.1) is 6.92 Å². The molecular formula is C24H23N5OS. The third-order valence-corrected chi connectivity index (χ3v) is 5.57. The summed E-state index contributed by atoms with van der Waals surface area (Å²) in [6, 6.07) is 21.1. The number of thiophene rings is 1. The van der Waals surface area contributed by atoms with Crippen molar-refractivity contribution in [3.8, 4) is 10.4 Å². The zero-order valence-corrected chi connectivity index (χ0v) is 18.4. The average molecular weight is 430 g/mol. The van der Waals surface area contributed by atoms with E-state index in [4.69, 9.17) is 0 Å². The topological polar surface area (TPSA) is 70.2 Å². The van der Waals surface area contributed by atoms with Gasteiger partial charge >= 0.3 is 0 Å². The monoisotopic (exact) mass is 429 g/mol. The van der Waals surface area contributed by atoms with E-state index >= 15 is 0 Å². The minimum atomic E-state index is -0.143. The third kappa shape index (κ3) is 5.07. The number of aryl methyl sites for hydroxylation is 1. The van der Waals surface area contributed by atoms with E-state index in [2.05, 4.69) is 26.7 Å². The molecule has 1 amide bonds. The van der Waals surface area contributed by atoms with Crippen molar-refractivity contribution in [2.24, 2.45) is 0 Å². The molecule has 2 aromatic heterocycles. The molecule has 0 aliphatic rings. The summed E-state index contributed by atoms with van der Waals surface area (Å²) in [4.78, 5) is 24.6. The van der Waals surface area contributed by atoms with Crippen molar-refractivity contribution in [2.45, 2.75) is 6.92 Å². The fourth-order valence-corrected chi connectivity index (χ4v) is 3.77. The fourth-order valence-electron chi connectivity index (χ4n) is 3.03. The van der Waals surface area contributed by atoms with E-state index in [-0.39, 0.29) is 5.91 Å². The molecule has 0 atom stereocenters. The molecule has 6 nitrogen and oxygen atoms in total. The summed E-state index contributed by atoms with van der Waals surface area (Å²) in [5, 5.41) is 8.19. The molecule has 31 heavy (non-hydrogen) atoms. The summed E-state index contributed by atoms with van der Waals surface area (Å²) in [6.07, 6.45) is 0. The van der Waals surface area contributed by atoms with E-state index in [1.54, 1.807) is 11.3 Å². The van der Waals surface area contributed by atoms with Gasteiger partial charge in [-0.3, -0.25) is 4.79 Å². The zero-order chi connectivity index (χ0) is 21.8. The zero-order valence-electron chi connectivity index (χ0n) is 17.6. The first-order valence-electron chi connectivity index (χ1n) is 9.83. The van der Waals surface area contributed by atoms with E-state index < -0.39 is 0 Å². The highest BCUT2D eigenvalue weighted by Gasteiger charge is 2.08. The molecule has 0 saturated carbocycles. The van der Waals surface area contributed by atoms with Crippen LogP contribution >= 0.6 is 11.3 Å². The Labute approximate surface area is 185 Å². The Morgan fingerprint density at radius 1 is 0.935 bits per heavy atom. The molecular weight excluding hydrogens is 406 g/mol. The first-order valence-corrected chi connectivity index (χ1v) is 10.7. The number of nitrogens with zero attached hydrogens (tertiary/aromatic N) is 3. The number of anilines is 4. The van der Waals surface area contributed by atoms with Crippen LogP contribution in [0.5, 0.6) is 0 Å². The van der Waals surface area contributed by atoms with Gasteiger partial charge in [0.1, 0.15) is 5.82 Å². The number of carbonyl (C=O) groups is 1. The molecule has 0 aliphatic heterocycles. The first-order chi connectivity index (χ1) is 15.0. The molecule has 4 rings (SSSR count). The van der Waals surface area contributed by atoms with Gasteiger partial charge in [-0.05, 0) is 60.3 Å². The molecule has 0 saturated heterocycles. The number of hydrogen-bond donors (Lipinski definition) is 2. The summed E-state index contributed by atoms with van der Waals surface area (Å²) < 4.78 is 0. The van der Waals surface area contributed by atoms with Gasteiger partial charge in [0.05, 0.1) is 0 Å². The van der Waals surface area contributed by atoms with Crippen LogP contribution in [-0.2, 0) is 0 Å². The van der Waals surface area contributed by atoms with E-state index in [0.29, 0.717) is 11.5 Å². The minimum Gasteiger partial charge on any atom is -0.363 e. The Bertz CT molecular complexity index is 1170. The highest BCUT2D eigenvalue weighted by molar-refractivity contribution is 7.13. The van der Waals surface area contributed by atoms with Gasteiger partial charge in [-0.15, -0.1) is 11.3 Å². The number of benzene rings is 2. The highest BCUT2D eigenvalue weighted by atomic mass is 32.1. The van der Waals surface area contributed by atoms with Crippen LogP contribution in [0.4, 0.5) is 23.1 Å². The summed E-state index contributed by atoms with van der Waals surface area (Å²) in [7, 11) is 3.89. The lowest BCUT2D eigenvalue weighted by molar-refractivity contribution is 0.102. The van der Waals surface area contributed by atoms with Gasteiger partial charge in [0.15, 0.2) is 0 Å². The van der Waals surface area contributed by atoms with Crippen LogP contribution in [0.25, 0.3) is 10.4 Å². The Hall–Kier alpha value is -3.71. The predicted octanol–water partition coefficient (Wildman–Crippen LogP) is 5.58. The molecule has 0 unspecified atom stereocenters. The molecule has 0 radical (unpaired) electrons. The molecule has 0 fully saturated rings. The molecule has 2 heterocycles. The van der Waals surface area contributed by atoms with E-state index in [1.807, 2.05) is 92.0 Å². The van der Waals surface area contributed by atoms with Crippen LogP contribution in [0.1, 0.15) is 16.1 Å². The molecule has 0 spiro atoms. The van der Waals surface area contributed by atoms with E-state index in [0.717, 1.165) is 28.5 Å². The summed E-state index contributed by atoms with van der Waals surface area (Å²) >= 11 is 1.68. The predicted molar refractivity (Wildman–Crippen MR) is 129 cm³/mol. The number of amides is 1. The molecule has 0 aliphatic carbocycles. The number of rotatable bonds is 6. The molecule has 4 aromatic rings. The van der Waals surface area contributed by atoms with Crippen molar-refractivity contribution in [3.05, 3.63) is 83.4 Å². The number of nitrogens with one attached hydrogen (secondary N) is 2. The highest BCUT2D eigenvalue weighted by Crippen LogP contribution is 2.25. The van der Waals surface area contributed by atoms with Gasteiger partial charge in [-0.2, -0.15) is 4.98 Å². The van der Waals surface area contributed by atoms with E-state index in [1.165, 1.54) is 4.88 Å². The van der Waals surface area contributed by atoms with Gasteiger partial charge in [-0.25, -0.2) is 4.98 Å². The normalized spacial score (nSPS) is 10.5. The van der Waals surface area contributed by atoms with Crippen LogP contribution in [0.3, 0.4) is 0 Å². The SMILES string of the molecule is Cc1cc(N(C)C)nc(Nc2ccc(NC(=O)c3ccc(-c4cccs4)cc3)cc2)n1. The van der Waals surface area contributed by atoms with Gasteiger partial charge in [0.25, 0.3) is 5.91 Å². The van der Waals surface area contributed by atoms with E-state index in [9.17, 15) is 4.79 Å². The summed E-state index contributed by atoms with van der Waals surface area (Å²) in [5.41, 5.74) is 4.17. The maximum atomic E-state index is 12.6. The Morgan fingerprint density at radius 3 is 2.29 bits per heavy atom. The number of carbonyl (C=O) groups excluding carboxylic acids is 1. The smallest absolute Gasteiger partial charge is 0.255 e. The van der Waals surface area contributed by atoms with Gasteiger partial charge in [-0.1, -0.05) is 18.2 Å². The maximum absolute atomic E-state index is 12.6. The van der Waals surface area contributed by atoms with Crippen molar-refractivity contribution in [3.63, 3.8) is 0 Å². The van der Waals surface area contributed by atoms with Crippen molar-refractivity contribution in [2.75, 3.05) is 29.6 Å². The maximum Gasteiger partial charge on any atom is 0.255 e. The van der Waals surface area contributed by atoms with Gasteiger partial charge in [0.2, 0.25) is 5.95 Å². The molecule has 0 bridgehead atoms. The number of aromatic nitrogens is 2. The second kappa shape index (κ2) is 8.97. The van der Waals surface area contributed by atoms with Crippen molar-refractivity contribution < 1.29 is 4.79 Å². The second-order valence-electron chi connectivity index (χ2n) is 7.30. The van der Waals surface area contributed by atoms with Crippen LogP contribution in [0.2, 0.25) is 0 Å². The Kier molecular flexibility index (Phi) is 5.95.